The normalized spacial score (nSPS) is 10.6. The van der Waals surface area contributed by atoms with E-state index in [0.29, 0.717) is 10.8 Å². The number of hydrogen-bond donors (Lipinski definition) is 1. The Morgan fingerprint density at radius 2 is 2.08 bits per heavy atom. The molecule has 5 nitrogen and oxygen atoms in total. The second-order valence-electron chi connectivity index (χ2n) is 5.12. The van der Waals surface area contributed by atoms with E-state index in [1.165, 1.54) is 23.9 Å². The molecule has 0 fully saturated rings. The number of aryl methyl sites for hydroxylation is 1. The number of hydrogen-bond acceptors (Lipinski definition) is 4. The van der Waals surface area contributed by atoms with E-state index in [0.717, 1.165) is 11.3 Å². The third-order valence-electron chi connectivity index (χ3n) is 3.33. The van der Waals surface area contributed by atoms with Gasteiger partial charge in [0.15, 0.2) is 5.16 Å². The maximum Gasteiger partial charge on any atom is 0.234 e. The first-order chi connectivity index (χ1) is 11.6. The summed E-state index contributed by atoms with van der Waals surface area (Å²) in [5, 5.41) is 11.3. The van der Waals surface area contributed by atoms with E-state index in [1.807, 2.05) is 35.8 Å². The average molecular weight is 342 g/mol. The van der Waals surface area contributed by atoms with Crippen molar-refractivity contribution < 1.29 is 9.18 Å². The molecule has 1 heterocycles. The van der Waals surface area contributed by atoms with Crippen LogP contribution in [-0.2, 0) is 4.79 Å². The van der Waals surface area contributed by atoms with Crippen LogP contribution in [0, 0.1) is 12.7 Å². The molecule has 0 aliphatic heterocycles. The molecular formula is C17H15FN4OS. The number of thioether (sulfide) groups is 1. The molecule has 0 saturated heterocycles. The fourth-order valence-electron chi connectivity index (χ4n) is 2.22. The summed E-state index contributed by atoms with van der Waals surface area (Å²) >= 11 is 1.27. The molecule has 0 unspecified atom stereocenters. The molecule has 1 N–H and O–H groups in total. The Balaban J connectivity index is 1.67. The SMILES string of the molecule is Cc1ccccc1-n1cnnc1SCC(=O)Nc1cccc(F)c1. The second-order valence-corrected chi connectivity index (χ2v) is 6.06. The van der Waals surface area contributed by atoms with Crippen LogP contribution in [0.1, 0.15) is 5.56 Å². The van der Waals surface area contributed by atoms with Crippen molar-refractivity contribution in [1.82, 2.24) is 14.8 Å². The zero-order valence-electron chi connectivity index (χ0n) is 12.9. The minimum Gasteiger partial charge on any atom is -0.325 e. The third-order valence-corrected chi connectivity index (χ3v) is 4.28. The van der Waals surface area contributed by atoms with Gasteiger partial charge in [-0.25, -0.2) is 4.39 Å². The highest BCUT2D eigenvalue weighted by Gasteiger charge is 2.11. The maximum atomic E-state index is 13.1. The van der Waals surface area contributed by atoms with Crippen molar-refractivity contribution in [2.75, 3.05) is 11.1 Å². The van der Waals surface area contributed by atoms with Crippen molar-refractivity contribution in [1.29, 1.82) is 0 Å². The number of anilines is 1. The lowest BCUT2D eigenvalue weighted by Crippen LogP contribution is -2.14. The van der Waals surface area contributed by atoms with E-state index in [4.69, 9.17) is 0 Å². The molecule has 1 aromatic heterocycles. The molecule has 24 heavy (non-hydrogen) atoms. The molecule has 3 aromatic rings. The Morgan fingerprint density at radius 3 is 2.88 bits per heavy atom. The molecule has 0 bridgehead atoms. The highest BCUT2D eigenvalue weighted by atomic mass is 32.2. The monoisotopic (exact) mass is 342 g/mol. The highest BCUT2D eigenvalue weighted by molar-refractivity contribution is 7.99. The summed E-state index contributed by atoms with van der Waals surface area (Å²) in [4.78, 5) is 12.0. The zero-order valence-corrected chi connectivity index (χ0v) is 13.8. The summed E-state index contributed by atoms with van der Waals surface area (Å²) in [7, 11) is 0. The zero-order chi connectivity index (χ0) is 16.9. The van der Waals surface area contributed by atoms with Gasteiger partial charge in [0, 0.05) is 5.69 Å². The van der Waals surface area contributed by atoms with Crippen molar-refractivity contribution >= 4 is 23.4 Å². The lowest BCUT2D eigenvalue weighted by molar-refractivity contribution is -0.113. The second kappa shape index (κ2) is 7.27. The van der Waals surface area contributed by atoms with Gasteiger partial charge in [0.2, 0.25) is 5.91 Å². The van der Waals surface area contributed by atoms with Crippen LogP contribution in [0.5, 0.6) is 0 Å². The Bertz CT molecular complexity index is 865. The Hall–Kier alpha value is -2.67. The largest absolute Gasteiger partial charge is 0.325 e. The van der Waals surface area contributed by atoms with Crippen molar-refractivity contribution in [2.45, 2.75) is 12.1 Å². The number of aromatic nitrogens is 3. The van der Waals surface area contributed by atoms with Gasteiger partial charge >= 0.3 is 0 Å². The van der Waals surface area contributed by atoms with Crippen LogP contribution < -0.4 is 5.32 Å². The standard InChI is InChI=1S/C17H15FN4OS/c1-12-5-2-3-8-15(12)22-11-19-21-17(22)24-10-16(23)20-14-7-4-6-13(18)9-14/h2-9,11H,10H2,1H3,(H,20,23). The first-order valence-corrected chi connectivity index (χ1v) is 8.26. The smallest absolute Gasteiger partial charge is 0.234 e. The molecule has 122 valence electrons. The minimum absolute atomic E-state index is 0.154. The van der Waals surface area contributed by atoms with Gasteiger partial charge in [0.25, 0.3) is 0 Å². The molecule has 0 atom stereocenters. The molecule has 0 saturated carbocycles. The lowest BCUT2D eigenvalue weighted by atomic mass is 10.2. The van der Waals surface area contributed by atoms with Crippen LogP contribution in [0.25, 0.3) is 5.69 Å². The highest BCUT2D eigenvalue weighted by Crippen LogP contribution is 2.22. The first-order valence-electron chi connectivity index (χ1n) is 7.28. The van der Waals surface area contributed by atoms with Gasteiger partial charge in [-0.05, 0) is 36.8 Å². The summed E-state index contributed by atoms with van der Waals surface area (Å²) in [5.41, 5.74) is 2.49. The quantitative estimate of drug-likeness (QED) is 0.722. The van der Waals surface area contributed by atoms with Crippen LogP contribution in [0.3, 0.4) is 0 Å². The molecule has 7 heteroatoms. The minimum atomic E-state index is -0.389. The lowest BCUT2D eigenvalue weighted by Gasteiger charge is -2.09. The number of halogens is 1. The van der Waals surface area contributed by atoms with E-state index < -0.39 is 0 Å². The van der Waals surface area contributed by atoms with Gasteiger partial charge < -0.3 is 5.32 Å². The summed E-state index contributed by atoms with van der Waals surface area (Å²) in [5.74, 6) is -0.467. The summed E-state index contributed by atoms with van der Waals surface area (Å²) in [6, 6.07) is 13.7. The van der Waals surface area contributed by atoms with E-state index in [9.17, 15) is 9.18 Å². The van der Waals surface area contributed by atoms with Crippen molar-refractivity contribution in [3.63, 3.8) is 0 Å². The number of carbonyl (C=O) groups excluding carboxylic acids is 1. The van der Waals surface area contributed by atoms with Crippen molar-refractivity contribution in [2.24, 2.45) is 0 Å². The van der Waals surface area contributed by atoms with Crippen LogP contribution in [0.15, 0.2) is 60.0 Å². The van der Waals surface area contributed by atoms with Crippen LogP contribution in [0.4, 0.5) is 10.1 Å². The topological polar surface area (TPSA) is 59.8 Å². The molecule has 0 radical (unpaired) electrons. The molecule has 0 aliphatic carbocycles. The molecule has 0 aliphatic rings. The Kier molecular flexibility index (Phi) is 4.90. The van der Waals surface area contributed by atoms with Gasteiger partial charge in [-0.2, -0.15) is 0 Å². The summed E-state index contributed by atoms with van der Waals surface area (Å²) in [6.07, 6.45) is 1.62. The number of amides is 1. The van der Waals surface area contributed by atoms with Crippen LogP contribution >= 0.6 is 11.8 Å². The predicted molar refractivity (Wildman–Crippen MR) is 91.8 cm³/mol. The molecule has 0 spiro atoms. The molecule has 2 aromatic carbocycles. The van der Waals surface area contributed by atoms with E-state index in [2.05, 4.69) is 15.5 Å². The number of carbonyl (C=O) groups is 1. The fourth-order valence-corrected chi connectivity index (χ4v) is 2.94. The first kappa shape index (κ1) is 16.2. The molecule has 3 rings (SSSR count). The Labute approximate surface area is 142 Å². The van der Waals surface area contributed by atoms with E-state index in [-0.39, 0.29) is 17.5 Å². The number of nitrogens with one attached hydrogen (secondary N) is 1. The van der Waals surface area contributed by atoms with E-state index >= 15 is 0 Å². The summed E-state index contributed by atoms with van der Waals surface area (Å²) in [6.45, 7) is 2.00. The van der Waals surface area contributed by atoms with Gasteiger partial charge in [-0.15, -0.1) is 10.2 Å². The van der Waals surface area contributed by atoms with Crippen LogP contribution in [0.2, 0.25) is 0 Å². The number of nitrogens with zero attached hydrogens (tertiary/aromatic N) is 3. The maximum absolute atomic E-state index is 13.1. The summed E-state index contributed by atoms with van der Waals surface area (Å²) < 4.78 is 15.0. The number of para-hydroxylation sites is 1. The van der Waals surface area contributed by atoms with Gasteiger partial charge in [0.05, 0.1) is 11.4 Å². The number of benzene rings is 2. The van der Waals surface area contributed by atoms with E-state index in [1.54, 1.807) is 18.5 Å². The fraction of sp³-hybridized carbons (Fsp3) is 0.118. The van der Waals surface area contributed by atoms with Crippen molar-refractivity contribution in [3.05, 3.63) is 66.2 Å². The molecule has 1 amide bonds. The average Bonchev–Trinajstić information content (AvgIpc) is 3.02. The van der Waals surface area contributed by atoms with Gasteiger partial charge in [-0.3, -0.25) is 9.36 Å². The predicted octanol–water partition coefficient (Wildman–Crippen LogP) is 3.45. The Morgan fingerprint density at radius 1 is 1.25 bits per heavy atom. The van der Waals surface area contributed by atoms with Crippen molar-refractivity contribution in [3.8, 4) is 5.69 Å². The van der Waals surface area contributed by atoms with Gasteiger partial charge in [-0.1, -0.05) is 36.0 Å². The third kappa shape index (κ3) is 3.80. The van der Waals surface area contributed by atoms with Gasteiger partial charge in [0.1, 0.15) is 12.1 Å². The number of rotatable bonds is 5. The molecular weight excluding hydrogens is 327 g/mol. The van der Waals surface area contributed by atoms with Crippen LogP contribution in [-0.4, -0.2) is 26.4 Å².